The van der Waals surface area contributed by atoms with Gasteiger partial charge in [-0.3, -0.25) is 0 Å². The predicted molar refractivity (Wildman–Crippen MR) is 78.6 cm³/mol. The van der Waals surface area contributed by atoms with Crippen molar-refractivity contribution in [3.05, 3.63) is 5.21 Å². The van der Waals surface area contributed by atoms with Crippen molar-refractivity contribution in [3.63, 3.8) is 0 Å². The van der Waals surface area contributed by atoms with Crippen molar-refractivity contribution in [2.24, 2.45) is 5.92 Å². The minimum atomic E-state index is 0.169. The summed E-state index contributed by atoms with van der Waals surface area (Å²) in [6.45, 7) is 4.42. The average molecular weight is 266 g/mol. The molecule has 3 saturated heterocycles. The predicted octanol–water partition coefficient (Wildman–Crippen LogP) is 3.18. The van der Waals surface area contributed by atoms with E-state index in [-0.39, 0.29) is 4.65 Å². The zero-order valence-electron chi connectivity index (χ0n) is 12.4. The molecule has 3 aliphatic rings. The number of piperidine rings is 3. The summed E-state index contributed by atoms with van der Waals surface area (Å²) >= 11 is 0. The molecule has 0 saturated carbocycles. The van der Waals surface area contributed by atoms with Gasteiger partial charge in [0, 0.05) is 25.3 Å². The number of rotatable bonds is 2. The van der Waals surface area contributed by atoms with Gasteiger partial charge in [0.05, 0.1) is 18.6 Å². The van der Waals surface area contributed by atoms with Crippen molar-refractivity contribution in [1.29, 1.82) is 0 Å². The molecule has 0 bridgehead atoms. The van der Waals surface area contributed by atoms with Crippen LogP contribution in [0, 0.1) is 11.1 Å². The van der Waals surface area contributed by atoms with Gasteiger partial charge in [0.1, 0.15) is 0 Å². The van der Waals surface area contributed by atoms with Crippen molar-refractivity contribution in [2.75, 3.05) is 13.1 Å². The zero-order chi connectivity index (χ0) is 13.3. The van der Waals surface area contributed by atoms with Gasteiger partial charge in [-0.05, 0) is 44.6 Å². The van der Waals surface area contributed by atoms with Gasteiger partial charge < -0.3 is 15.2 Å². The van der Waals surface area contributed by atoms with Crippen LogP contribution in [0.25, 0.3) is 0 Å². The molecule has 1 N–H and O–H groups in total. The largest absolute Gasteiger partial charge is 0.632 e. The molecule has 110 valence electrons. The van der Waals surface area contributed by atoms with Crippen LogP contribution in [0.5, 0.6) is 0 Å². The average Bonchev–Trinajstić information content (AvgIpc) is 2.41. The number of hydrogen-bond acceptors (Lipinski definition) is 2. The summed E-state index contributed by atoms with van der Waals surface area (Å²) in [5.41, 5.74) is 0. The summed E-state index contributed by atoms with van der Waals surface area (Å²) in [5, 5.41) is 17.0. The molecule has 0 spiro atoms. The van der Waals surface area contributed by atoms with Crippen LogP contribution in [0.3, 0.4) is 0 Å². The minimum absolute atomic E-state index is 0.169. The van der Waals surface area contributed by atoms with E-state index < -0.39 is 0 Å². The van der Waals surface area contributed by atoms with E-state index in [1.54, 1.807) is 0 Å². The van der Waals surface area contributed by atoms with Crippen LogP contribution in [0.15, 0.2) is 0 Å². The van der Waals surface area contributed by atoms with Gasteiger partial charge in [-0.15, -0.1) is 0 Å². The maximum absolute atomic E-state index is 13.4. The van der Waals surface area contributed by atoms with Gasteiger partial charge in [0.25, 0.3) is 0 Å². The van der Waals surface area contributed by atoms with Gasteiger partial charge >= 0.3 is 0 Å². The third-order valence-corrected chi connectivity index (χ3v) is 5.85. The molecular weight excluding hydrogens is 236 g/mol. The Kier molecular flexibility index (Phi) is 4.16. The molecule has 3 nitrogen and oxygen atoms in total. The molecular formula is C16H30N2O. The summed E-state index contributed by atoms with van der Waals surface area (Å²) in [5.74, 6) is 0.761. The van der Waals surface area contributed by atoms with E-state index in [1.807, 2.05) is 0 Å². The molecule has 0 aliphatic carbocycles. The zero-order valence-corrected chi connectivity index (χ0v) is 12.4. The van der Waals surface area contributed by atoms with Crippen molar-refractivity contribution >= 4 is 0 Å². The molecule has 5 atom stereocenters. The van der Waals surface area contributed by atoms with Crippen LogP contribution >= 0.6 is 0 Å². The quantitative estimate of drug-likeness (QED) is 0.615. The molecule has 3 rings (SSSR count). The number of fused-ring (bicyclic) bond motifs is 1. The van der Waals surface area contributed by atoms with Crippen LogP contribution in [-0.2, 0) is 0 Å². The Morgan fingerprint density at radius 2 is 1.95 bits per heavy atom. The molecule has 0 radical (unpaired) electrons. The highest BCUT2D eigenvalue weighted by Crippen LogP contribution is 2.41. The van der Waals surface area contributed by atoms with E-state index in [9.17, 15) is 5.21 Å². The van der Waals surface area contributed by atoms with Crippen LogP contribution in [0.4, 0.5) is 0 Å². The third-order valence-electron chi connectivity index (χ3n) is 5.85. The molecule has 0 aromatic rings. The summed E-state index contributed by atoms with van der Waals surface area (Å²) in [6.07, 6.45) is 11.1. The Hall–Kier alpha value is -0.120. The highest BCUT2D eigenvalue weighted by molar-refractivity contribution is 4.85. The molecule has 19 heavy (non-hydrogen) atoms. The topological polar surface area (TPSA) is 35.1 Å². The Balaban J connectivity index is 1.69. The molecule has 0 aromatic carbocycles. The maximum Gasteiger partial charge on any atom is 0.0907 e. The first-order valence-corrected chi connectivity index (χ1v) is 8.50. The minimum Gasteiger partial charge on any atom is -0.632 e. The molecule has 3 heterocycles. The second kappa shape index (κ2) is 5.71. The maximum atomic E-state index is 13.4. The van der Waals surface area contributed by atoms with Crippen LogP contribution in [0.2, 0.25) is 0 Å². The van der Waals surface area contributed by atoms with E-state index in [1.165, 1.54) is 38.5 Å². The lowest BCUT2D eigenvalue weighted by atomic mass is 9.79. The van der Waals surface area contributed by atoms with E-state index in [0.717, 1.165) is 38.3 Å². The van der Waals surface area contributed by atoms with E-state index in [2.05, 4.69) is 12.2 Å². The number of nitrogens with zero attached hydrogens (tertiary/aromatic N) is 1. The first-order chi connectivity index (χ1) is 9.18. The standard InChI is InChI=1S/C16H30N2O/c1-13-10-15-7-3-5-9-18(15,19)16(11-13)12-14-6-2-4-8-17-14/h13-17H,2-12H2,1H3/t13-,14-,15-,16+,18?/m0/s1. The Labute approximate surface area is 117 Å². The van der Waals surface area contributed by atoms with Crippen molar-refractivity contribution in [2.45, 2.75) is 82.8 Å². The lowest BCUT2D eigenvalue weighted by Gasteiger charge is -2.60. The number of nitrogens with one attached hydrogen (secondary N) is 1. The molecule has 0 aromatic heterocycles. The van der Waals surface area contributed by atoms with E-state index in [4.69, 9.17) is 0 Å². The van der Waals surface area contributed by atoms with E-state index in [0.29, 0.717) is 18.1 Å². The highest BCUT2D eigenvalue weighted by atomic mass is 16.6. The normalized spacial score (nSPS) is 47.7. The fourth-order valence-corrected chi connectivity index (χ4v) is 4.85. The van der Waals surface area contributed by atoms with Gasteiger partial charge in [-0.25, -0.2) is 0 Å². The van der Waals surface area contributed by atoms with Gasteiger partial charge in [0.15, 0.2) is 0 Å². The molecule has 3 fully saturated rings. The van der Waals surface area contributed by atoms with Crippen LogP contribution in [-0.4, -0.2) is 35.9 Å². The molecule has 1 unspecified atom stereocenters. The summed E-state index contributed by atoms with van der Waals surface area (Å²) in [6, 6.07) is 1.42. The first kappa shape index (κ1) is 13.8. The summed E-state index contributed by atoms with van der Waals surface area (Å²) in [7, 11) is 0. The first-order valence-electron chi connectivity index (χ1n) is 8.50. The monoisotopic (exact) mass is 266 g/mol. The Bertz CT molecular complexity index is 303. The molecule has 3 heteroatoms. The molecule has 3 aliphatic heterocycles. The Morgan fingerprint density at radius 1 is 1.11 bits per heavy atom. The second-order valence-electron chi connectivity index (χ2n) is 7.34. The van der Waals surface area contributed by atoms with Crippen molar-refractivity contribution in [1.82, 2.24) is 5.32 Å². The number of quaternary nitrogens is 1. The Morgan fingerprint density at radius 3 is 2.74 bits per heavy atom. The van der Waals surface area contributed by atoms with Crippen molar-refractivity contribution < 1.29 is 4.65 Å². The third kappa shape index (κ3) is 2.84. The summed E-state index contributed by atoms with van der Waals surface area (Å²) in [4.78, 5) is 0. The van der Waals surface area contributed by atoms with Gasteiger partial charge in [-0.1, -0.05) is 13.3 Å². The lowest BCUT2D eigenvalue weighted by molar-refractivity contribution is -0.941. The molecule has 0 amide bonds. The fraction of sp³-hybridized carbons (Fsp3) is 1.00. The number of hydroxylamine groups is 3. The second-order valence-corrected chi connectivity index (χ2v) is 7.34. The lowest BCUT2D eigenvalue weighted by Crippen LogP contribution is -2.64. The van der Waals surface area contributed by atoms with E-state index >= 15 is 0 Å². The highest BCUT2D eigenvalue weighted by Gasteiger charge is 2.44. The smallest absolute Gasteiger partial charge is 0.0907 e. The fourth-order valence-electron chi connectivity index (χ4n) is 4.85. The SMILES string of the molecule is C[C@@H]1C[C@H](C[C@@H]2CCCCN2)[N+]2([O-])CCCC[C@H]2C1. The number of hydrogen-bond donors (Lipinski definition) is 1. The van der Waals surface area contributed by atoms with Crippen LogP contribution in [0.1, 0.15) is 64.7 Å². The van der Waals surface area contributed by atoms with Crippen LogP contribution < -0.4 is 5.32 Å². The van der Waals surface area contributed by atoms with Crippen molar-refractivity contribution in [3.8, 4) is 0 Å². The van der Waals surface area contributed by atoms with Gasteiger partial charge in [-0.2, -0.15) is 0 Å². The summed E-state index contributed by atoms with van der Waals surface area (Å²) < 4.78 is 0.169. The van der Waals surface area contributed by atoms with Gasteiger partial charge in [0.2, 0.25) is 0 Å².